The fourth-order valence-electron chi connectivity index (χ4n) is 0.584. The Labute approximate surface area is 83.4 Å². The average molecular weight is 190 g/mol. The zero-order valence-electron chi connectivity index (χ0n) is 7.16. The first-order valence-corrected chi connectivity index (χ1v) is 3.92. The standard InChI is InChI=1S/C10H10N2S/c1-3-4-5-8(2)6-9(7-11)10(12)13/h3-6H,1-2H2,(H2,12,13). The molecule has 3 heteroatoms. The SMILES string of the molecule is C=CC=CC(=C)C=C(C#N)C(N)=S. The first kappa shape index (κ1) is 11.3. The van der Waals surface area contributed by atoms with Crippen molar-refractivity contribution < 1.29 is 0 Å². The Kier molecular flexibility index (Phi) is 5.17. The van der Waals surface area contributed by atoms with Gasteiger partial charge in [-0.2, -0.15) is 5.26 Å². The molecular weight excluding hydrogens is 180 g/mol. The maximum atomic E-state index is 8.60. The molecule has 66 valence electrons. The van der Waals surface area contributed by atoms with E-state index in [1.54, 1.807) is 18.2 Å². The predicted octanol–water partition coefficient (Wildman–Crippen LogP) is 2.02. The van der Waals surface area contributed by atoms with E-state index in [-0.39, 0.29) is 10.6 Å². The summed E-state index contributed by atoms with van der Waals surface area (Å²) < 4.78 is 0. The number of hydrogen-bond acceptors (Lipinski definition) is 2. The second-order valence-electron chi connectivity index (χ2n) is 2.20. The molecule has 0 aliphatic rings. The predicted molar refractivity (Wildman–Crippen MR) is 59.0 cm³/mol. The van der Waals surface area contributed by atoms with Crippen LogP contribution in [0.4, 0.5) is 0 Å². The van der Waals surface area contributed by atoms with Crippen molar-refractivity contribution in [1.29, 1.82) is 5.26 Å². The quantitative estimate of drug-likeness (QED) is 0.319. The highest BCUT2D eigenvalue weighted by atomic mass is 32.1. The van der Waals surface area contributed by atoms with Crippen LogP contribution in [-0.2, 0) is 0 Å². The summed E-state index contributed by atoms with van der Waals surface area (Å²) in [6.07, 6.45) is 6.57. The van der Waals surface area contributed by atoms with Gasteiger partial charge in [0, 0.05) is 0 Å². The van der Waals surface area contributed by atoms with Crippen molar-refractivity contribution in [3.05, 3.63) is 48.6 Å². The van der Waals surface area contributed by atoms with Crippen molar-refractivity contribution in [2.24, 2.45) is 5.73 Å². The lowest BCUT2D eigenvalue weighted by molar-refractivity contribution is 1.50. The summed E-state index contributed by atoms with van der Waals surface area (Å²) in [6.45, 7) is 7.19. The van der Waals surface area contributed by atoms with Gasteiger partial charge in [-0.25, -0.2) is 0 Å². The summed E-state index contributed by atoms with van der Waals surface area (Å²) in [5, 5.41) is 8.60. The van der Waals surface area contributed by atoms with E-state index in [4.69, 9.17) is 11.0 Å². The number of allylic oxidation sites excluding steroid dienone is 5. The largest absolute Gasteiger partial charge is 0.389 e. The molecule has 0 rings (SSSR count). The maximum absolute atomic E-state index is 8.60. The van der Waals surface area contributed by atoms with Gasteiger partial charge in [0.1, 0.15) is 11.1 Å². The van der Waals surface area contributed by atoms with E-state index >= 15 is 0 Å². The van der Waals surface area contributed by atoms with Gasteiger partial charge in [-0.1, -0.05) is 43.6 Å². The van der Waals surface area contributed by atoms with E-state index in [1.165, 1.54) is 6.08 Å². The number of hydrogen-bond donors (Lipinski definition) is 1. The van der Waals surface area contributed by atoms with E-state index in [0.717, 1.165) is 0 Å². The van der Waals surface area contributed by atoms with Crippen LogP contribution in [0.2, 0.25) is 0 Å². The highest BCUT2D eigenvalue weighted by molar-refractivity contribution is 7.80. The van der Waals surface area contributed by atoms with Gasteiger partial charge in [0.15, 0.2) is 0 Å². The summed E-state index contributed by atoms with van der Waals surface area (Å²) in [6, 6.07) is 1.88. The fourth-order valence-corrected chi connectivity index (χ4v) is 0.688. The van der Waals surface area contributed by atoms with Crippen LogP contribution in [-0.4, -0.2) is 4.99 Å². The van der Waals surface area contributed by atoms with Crippen LogP contribution in [0.5, 0.6) is 0 Å². The lowest BCUT2D eigenvalue weighted by Gasteiger charge is -1.93. The zero-order valence-corrected chi connectivity index (χ0v) is 7.97. The molecule has 0 heterocycles. The number of nitriles is 1. The third-order valence-corrected chi connectivity index (χ3v) is 1.38. The molecule has 0 unspecified atom stereocenters. The molecule has 0 aromatic carbocycles. The number of rotatable bonds is 4. The Morgan fingerprint density at radius 1 is 1.54 bits per heavy atom. The first-order chi connectivity index (χ1) is 6.11. The van der Waals surface area contributed by atoms with E-state index in [0.29, 0.717) is 5.57 Å². The van der Waals surface area contributed by atoms with Crippen LogP contribution in [0.3, 0.4) is 0 Å². The number of nitrogens with two attached hydrogens (primary N) is 1. The molecule has 0 amide bonds. The molecule has 0 saturated carbocycles. The summed E-state index contributed by atoms with van der Waals surface area (Å²) in [4.78, 5) is 0.0793. The smallest absolute Gasteiger partial charge is 0.114 e. The Bertz CT molecular complexity index is 329. The van der Waals surface area contributed by atoms with Gasteiger partial charge in [0.25, 0.3) is 0 Å². The molecule has 0 spiro atoms. The second-order valence-corrected chi connectivity index (χ2v) is 2.64. The summed E-state index contributed by atoms with van der Waals surface area (Å²) >= 11 is 4.65. The molecule has 2 N–H and O–H groups in total. The van der Waals surface area contributed by atoms with Crippen LogP contribution in [0.1, 0.15) is 0 Å². The second kappa shape index (κ2) is 5.92. The van der Waals surface area contributed by atoms with Crippen LogP contribution in [0.25, 0.3) is 0 Å². The molecule has 0 aromatic heterocycles. The van der Waals surface area contributed by atoms with Gasteiger partial charge in [-0.15, -0.1) is 0 Å². The van der Waals surface area contributed by atoms with Gasteiger partial charge in [0.05, 0.1) is 5.57 Å². The van der Waals surface area contributed by atoms with Crippen molar-refractivity contribution in [2.75, 3.05) is 0 Å². The number of thiocarbonyl (C=S) groups is 1. The summed E-state index contributed by atoms with van der Waals surface area (Å²) in [5.74, 6) is 0. The van der Waals surface area contributed by atoms with Crippen molar-refractivity contribution in [1.82, 2.24) is 0 Å². The van der Waals surface area contributed by atoms with Crippen LogP contribution >= 0.6 is 12.2 Å². The minimum atomic E-state index is 0.0793. The first-order valence-electron chi connectivity index (χ1n) is 3.51. The van der Waals surface area contributed by atoms with E-state index in [1.807, 2.05) is 6.07 Å². The average Bonchev–Trinajstić information content (AvgIpc) is 2.10. The lowest BCUT2D eigenvalue weighted by atomic mass is 10.2. The Morgan fingerprint density at radius 3 is 2.54 bits per heavy atom. The summed E-state index contributed by atoms with van der Waals surface area (Å²) in [7, 11) is 0. The van der Waals surface area contributed by atoms with Gasteiger partial charge in [-0.3, -0.25) is 0 Å². The van der Waals surface area contributed by atoms with Crippen molar-refractivity contribution >= 4 is 17.2 Å². The van der Waals surface area contributed by atoms with Crippen LogP contribution in [0.15, 0.2) is 48.6 Å². The Hall–Kier alpha value is -1.66. The zero-order chi connectivity index (χ0) is 10.3. The highest BCUT2D eigenvalue weighted by Gasteiger charge is 1.97. The molecule has 0 fully saturated rings. The van der Waals surface area contributed by atoms with Gasteiger partial charge in [0.2, 0.25) is 0 Å². The third-order valence-electron chi connectivity index (χ3n) is 1.16. The molecule has 0 saturated heterocycles. The maximum Gasteiger partial charge on any atom is 0.114 e. The molecule has 2 nitrogen and oxygen atoms in total. The van der Waals surface area contributed by atoms with Crippen molar-refractivity contribution in [3.63, 3.8) is 0 Å². The molecule has 13 heavy (non-hydrogen) atoms. The normalized spacial score (nSPS) is 10.8. The van der Waals surface area contributed by atoms with Gasteiger partial charge < -0.3 is 5.73 Å². The number of nitrogens with zero attached hydrogens (tertiary/aromatic N) is 1. The Balaban J connectivity index is 4.64. The monoisotopic (exact) mass is 190 g/mol. The van der Waals surface area contributed by atoms with Crippen LogP contribution < -0.4 is 5.73 Å². The Morgan fingerprint density at radius 2 is 2.15 bits per heavy atom. The molecule has 0 atom stereocenters. The van der Waals surface area contributed by atoms with Crippen molar-refractivity contribution in [2.45, 2.75) is 0 Å². The van der Waals surface area contributed by atoms with E-state index < -0.39 is 0 Å². The molecule has 0 bridgehead atoms. The third kappa shape index (κ3) is 4.72. The lowest BCUT2D eigenvalue weighted by Crippen LogP contribution is -2.09. The highest BCUT2D eigenvalue weighted by Crippen LogP contribution is 2.02. The van der Waals surface area contributed by atoms with Crippen LogP contribution in [0, 0.1) is 11.3 Å². The molecule has 0 aliphatic carbocycles. The van der Waals surface area contributed by atoms with Gasteiger partial charge in [-0.05, 0) is 11.6 Å². The fraction of sp³-hybridized carbons (Fsp3) is 0. The van der Waals surface area contributed by atoms with Crippen molar-refractivity contribution in [3.8, 4) is 6.07 Å². The summed E-state index contributed by atoms with van der Waals surface area (Å²) in [5.41, 5.74) is 6.19. The van der Waals surface area contributed by atoms with Gasteiger partial charge >= 0.3 is 0 Å². The van der Waals surface area contributed by atoms with E-state index in [9.17, 15) is 0 Å². The topological polar surface area (TPSA) is 49.8 Å². The minimum Gasteiger partial charge on any atom is -0.389 e. The molecule has 0 aliphatic heterocycles. The molecule has 0 radical (unpaired) electrons. The molecule has 0 aromatic rings. The minimum absolute atomic E-state index is 0.0793. The van der Waals surface area contributed by atoms with E-state index in [2.05, 4.69) is 25.4 Å². The molecular formula is C10H10N2S.